The number of ether oxygens (including phenoxy) is 1. The van der Waals surface area contributed by atoms with Gasteiger partial charge in [0.05, 0.1) is 24.1 Å². The minimum atomic E-state index is -0.176. The first-order chi connectivity index (χ1) is 10.3. The highest BCUT2D eigenvalue weighted by Gasteiger charge is 2.01. The van der Waals surface area contributed by atoms with Crippen LogP contribution in [0.2, 0.25) is 0 Å². The number of pyridine rings is 1. The molecule has 0 unspecified atom stereocenters. The molecule has 2 aromatic rings. The van der Waals surface area contributed by atoms with Gasteiger partial charge in [0, 0.05) is 6.20 Å². The molecule has 21 heavy (non-hydrogen) atoms. The van der Waals surface area contributed by atoms with Crippen LogP contribution in [0.15, 0.2) is 58.8 Å². The van der Waals surface area contributed by atoms with Gasteiger partial charge in [-0.05, 0) is 29.8 Å². The maximum Gasteiger partial charge on any atom is 0.250 e. The molecule has 0 radical (unpaired) electrons. The highest BCUT2D eigenvalue weighted by molar-refractivity contribution is 7.99. The zero-order chi connectivity index (χ0) is 14.9. The van der Waals surface area contributed by atoms with Gasteiger partial charge in [0.2, 0.25) is 5.91 Å². The van der Waals surface area contributed by atoms with Crippen LogP contribution in [0, 0.1) is 0 Å². The standard InChI is InChI=1S/C15H15N3O2S/c1-20-13-6-4-5-12(9-13)10-17-18-14(19)11-21-15-7-2-3-8-16-15/h2-10H,11H2,1H3,(H,18,19). The van der Waals surface area contributed by atoms with Crippen molar-refractivity contribution in [2.45, 2.75) is 5.03 Å². The van der Waals surface area contributed by atoms with Crippen molar-refractivity contribution in [1.29, 1.82) is 0 Å². The molecule has 0 saturated carbocycles. The van der Waals surface area contributed by atoms with Gasteiger partial charge >= 0.3 is 0 Å². The molecule has 1 aromatic carbocycles. The second-order valence-corrected chi connectivity index (χ2v) is 5.02. The first-order valence-electron chi connectivity index (χ1n) is 6.28. The van der Waals surface area contributed by atoms with Gasteiger partial charge in [-0.15, -0.1) is 0 Å². The Kier molecular flexibility index (Phi) is 5.78. The summed E-state index contributed by atoms with van der Waals surface area (Å²) in [6.45, 7) is 0. The quantitative estimate of drug-likeness (QED) is 0.505. The molecule has 1 N–H and O–H groups in total. The van der Waals surface area contributed by atoms with E-state index >= 15 is 0 Å². The molecule has 0 aliphatic carbocycles. The lowest BCUT2D eigenvalue weighted by Crippen LogP contribution is -2.19. The number of benzene rings is 1. The number of thioether (sulfide) groups is 1. The topological polar surface area (TPSA) is 63.6 Å². The van der Waals surface area contributed by atoms with E-state index in [0.717, 1.165) is 16.3 Å². The number of carbonyl (C=O) groups excluding carboxylic acids is 1. The Morgan fingerprint density at radius 1 is 1.38 bits per heavy atom. The number of hydrogen-bond acceptors (Lipinski definition) is 5. The molecule has 0 atom stereocenters. The van der Waals surface area contributed by atoms with Crippen LogP contribution in [0.3, 0.4) is 0 Å². The fourth-order valence-electron chi connectivity index (χ4n) is 1.50. The molecule has 0 aliphatic heterocycles. The summed E-state index contributed by atoms with van der Waals surface area (Å²) in [5.74, 6) is 0.840. The van der Waals surface area contributed by atoms with Crippen LogP contribution >= 0.6 is 11.8 Å². The lowest BCUT2D eigenvalue weighted by Gasteiger charge is -2.01. The fourth-order valence-corrected chi connectivity index (χ4v) is 2.16. The Balaban J connectivity index is 1.79. The Morgan fingerprint density at radius 2 is 2.29 bits per heavy atom. The second kappa shape index (κ2) is 8.06. The Bertz CT molecular complexity index is 617. The van der Waals surface area contributed by atoms with Crippen LogP contribution in [-0.4, -0.2) is 30.0 Å². The minimum Gasteiger partial charge on any atom is -0.497 e. The van der Waals surface area contributed by atoms with Crippen LogP contribution in [-0.2, 0) is 4.79 Å². The van der Waals surface area contributed by atoms with Crippen LogP contribution in [0.5, 0.6) is 5.75 Å². The molecule has 5 nitrogen and oxygen atoms in total. The molecule has 6 heteroatoms. The number of rotatable bonds is 6. The third-order valence-corrected chi connectivity index (χ3v) is 3.43. The Labute approximate surface area is 127 Å². The zero-order valence-electron chi connectivity index (χ0n) is 11.5. The summed E-state index contributed by atoms with van der Waals surface area (Å²) in [7, 11) is 1.60. The summed E-state index contributed by atoms with van der Waals surface area (Å²) < 4.78 is 5.11. The largest absolute Gasteiger partial charge is 0.497 e. The first kappa shape index (κ1) is 15.1. The molecule has 108 valence electrons. The van der Waals surface area contributed by atoms with Gasteiger partial charge in [0.15, 0.2) is 0 Å². The molecule has 2 rings (SSSR count). The van der Waals surface area contributed by atoms with E-state index in [0.29, 0.717) is 0 Å². The molecule has 0 bridgehead atoms. The number of hydrogen-bond donors (Lipinski definition) is 1. The van der Waals surface area contributed by atoms with Crippen LogP contribution < -0.4 is 10.2 Å². The maximum atomic E-state index is 11.6. The summed E-state index contributed by atoms with van der Waals surface area (Å²) in [5, 5.41) is 4.73. The van der Waals surface area contributed by atoms with Gasteiger partial charge in [-0.1, -0.05) is 30.0 Å². The normalized spacial score (nSPS) is 10.5. The van der Waals surface area contributed by atoms with E-state index in [9.17, 15) is 4.79 Å². The summed E-state index contributed by atoms with van der Waals surface area (Å²) in [6.07, 6.45) is 3.27. The van der Waals surface area contributed by atoms with Crippen molar-refractivity contribution in [3.8, 4) is 5.75 Å². The van der Waals surface area contributed by atoms with Crippen molar-refractivity contribution >= 4 is 23.9 Å². The summed E-state index contributed by atoms with van der Waals surface area (Å²) in [6, 6.07) is 13.0. The van der Waals surface area contributed by atoms with Gasteiger partial charge in [-0.3, -0.25) is 4.79 Å². The van der Waals surface area contributed by atoms with E-state index in [4.69, 9.17) is 4.74 Å². The van der Waals surface area contributed by atoms with E-state index in [1.165, 1.54) is 11.8 Å². The number of aromatic nitrogens is 1. The van der Waals surface area contributed by atoms with E-state index in [1.54, 1.807) is 19.5 Å². The summed E-state index contributed by atoms with van der Waals surface area (Å²) >= 11 is 1.36. The highest BCUT2D eigenvalue weighted by Crippen LogP contribution is 2.13. The SMILES string of the molecule is COc1cccc(C=NNC(=O)CSc2ccccn2)c1. The smallest absolute Gasteiger partial charge is 0.250 e. The summed E-state index contributed by atoms with van der Waals surface area (Å²) in [4.78, 5) is 15.8. The average molecular weight is 301 g/mol. The first-order valence-corrected chi connectivity index (χ1v) is 7.26. The number of methoxy groups -OCH3 is 1. The number of carbonyl (C=O) groups is 1. The predicted octanol–water partition coefficient (Wildman–Crippen LogP) is 2.33. The van der Waals surface area contributed by atoms with Crippen molar-refractivity contribution in [2.24, 2.45) is 5.10 Å². The Morgan fingerprint density at radius 3 is 3.05 bits per heavy atom. The van der Waals surface area contributed by atoms with Gasteiger partial charge in [-0.25, -0.2) is 10.4 Å². The highest BCUT2D eigenvalue weighted by atomic mass is 32.2. The Hall–Kier alpha value is -2.34. The monoisotopic (exact) mass is 301 g/mol. The van der Waals surface area contributed by atoms with Crippen LogP contribution in [0.1, 0.15) is 5.56 Å². The van der Waals surface area contributed by atoms with E-state index in [1.807, 2.05) is 42.5 Å². The lowest BCUT2D eigenvalue weighted by atomic mass is 10.2. The molecule has 0 aliphatic rings. The van der Waals surface area contributed by atoms with Gasteiger partial charge < -0.3 is 4.74 Å². The lowest BCUT2D eigenvalue weighted by molar-refractivity contribution is -0.118. The van der Waals surface area contributed by atoms with Gasteiger partial charge in [0.1, 0.15) is 5.75 Å². The number of nitrogens with zero attached hydrogens (tertiary/aromatic N) is 2. The van der Waals surface area contributed by atoms with Crippen molar-refractivity contribution < 1.29 is 9.53 Å². The van der Waals surface area contributed by atoms with E-state index in [2.05, 4.69) is 15.5 Å². The fraction of sp³-hybridized carbons (Fsp3) is 0.133. The molecule has 1 heterocycles. The van der Waals surface area contributed by atoms with E-state index in [-0.39, 0.29) is 11.7 Å². The third kappa shape index (κ3) is 5.27. The van der Waals surface area contributed by atoms with Crippen molar-refractivity contribution in [2.75, 3.05) is 12.9 Å². The van der Waals surface area contributed by atoms with Gasteiger partial charge in [0.25, 0.3) is 0 Å². The minimum absolute atomic E-state index is 0.176. The molecule has 0 spiro atoms. The number of hydrazone groups is 1. The second-order valence-electron chi connectivity index (χ2n) is 4.03. The molecule has 1 aromatic heterocycles. The molecule has 0 saturated heterocycles. The molecular formula is C15H15N3O2S. The average Bonchev–Trinajstić information content (AvgIpc) is 2.54. The maximum absolute atomic E-state index is 11.6. The van der Waals surface area contributed by atoms with E-state index < -0.39 is 0 Å². The van der Waals surface area contributed by atoms with Crippen LogP contribution in [0.4, 0.5) is 0 Å². The van der Waals surface area contributed by atoms with Crippen molar-refractivity contribution in [3.63, 3.8) is 0 Å². The van der Waals surface area contributed by atoms with Gasteiger partial charge in [-0.2, -0.15) is 5.10 Å². The molecule has 0 fully saturated rings. The summed E-state index contributed by atoms with van der Waals surface area (Å²) in [5.41, 5.74) is 3.33. The predicted molar refractivity (Wildman–Crippen MR) is 83.7 cm³/mol. The number of amides is 1. The molecule has 1 amide bonds. The van der Waals surface area contributed by atoms with Crippen LogP contribution in [0.25, 0.3) is 0 Å². The van der Waals surface area contributed by atoms with Crippen molar-refractivity contribution in [1.82, 2.24) is 10.4 Å². The number of nitrogens with one attached hydrogen (secondary N) is 1. The third-order valence-electron chi connectivity index (χ3n) is 2.49. The van der Waals surface area contributed by atoms with Crippen molar-refractivity contribution in [3.05, 3.63) is 54.2 Å². The molecular weight excluding hydrogens is 286 g/mol. The zero-order valence-corrected chi connectivity index (χ0v) is 12.3.